The number of ether oxygens (including phenoxy) is 1. The van der Waals surface area contributed by atoms with Gasteiger partial charge in [0, 0.05) is 17.9 Å². The number of benzene rings is 1. The standard InChI is InChI=1S/C14H16BrFN2O2/c1-8-13(14(20-3)18(2)17-8)12(19)6-9-4-5-10(16)7-11(9)15/h4-5,7,12,19H,6H2,1-3H3. The molecule has 108 valence electrons. The summed E-state index contributed by atoms with van der Waals surface area (Å²) < 4.78 is 20.6. The summed E-state index contributed by atoms with van der Waals surface area (Å²) in [6, 6.07) is 4.41. The third-order valence-electron chi connectivity index (χ3n) is 3.17. The van der Waals surface area contributed by atoms with Crippen molar-refractivity contribution in [1.29, 1.82) is 0 Å². The van der Waals surface area contributed by atoms with Gasteiger partial charge in [-0.25, -0.2) is 9.07 Å². The van der Waals surface area contributed by atoms with E-state index in [1.807, 2.05) is 6.92 Å². The van der Waals surface area contributed by atoms with E-state index < -0.39 is 6.10 Å². The topological polar surface area (TPSA) is 47.3 Å². The molecule has 4 nitrogen and oxygen atoms in total. The summed E-state index contributed by atoms with van der Waals surface area (Å²) in [6.45, 7) is 1.82. The van der Waals surface area contributed by atoms with Gasteiger partial charge in [0.1, 0.15) is 5.82 Å². The van der Waals surface area contributed by atoms with Gasteiger partial charge in [0.05, 0.1) is 24.5 Å². The van der Waals surface area contributed by atoms with Crippen LogP contribution in [0.2, 0.25) is 0 Å². The van der Waals surface area contributed by atoms with Crippen molar-refractivity contribution < 1.29 is 14.2 Å². The average molecular weight is 343 g/mol. The molecule has 1 aromatic heterocycles. The fraction of sp³-hybridized carbons (Fsp3) is 0.357. The number of rotatable bonds is 4. The zero-order valence-corrected chi connectivity index (χ0v) is 13.1. The van der Waals surface area contributed by atoms with Crippen LogP contribution in [0, 0.1) is 12.7 Å². The SMILES string of the molecule is COc1c(C(O)Cc2ccc(F)cc2Br)c(C)nn1C. The molecule has 1 N–H and O–H groups in total. The highest BCUT2D eigenvalue weighted by Gasteiger charge is 2.22. The molecule has 0 aliphatic rings. The number of halogens is 2. The van der Waals surface area contributed by atoms with Crippen molar-refractivity contribution in [2.24, 2.45) is 7.05 Å². The van der Waals surface area contributed by atoms with E-state index in [-0.39, 0.29) is 5.82 Å². The molecule has 1 atom stereocenters. The lowest BCUT2D eigenvalue weighted by molar-refractivity contribution is 0.172. The third kappa shape index (κ3) is 2.86. The Labute approximate surface area is 125 Å². The number of aromatic nitrogens is 2. The largest absolute Gasteiger partial charge is 0.481 e. The highest BCUT2D eigenvalue weighted by Crippen LogP contribution is 2.31. The molecule has 2 aromatic rings. The van der Waals surface area contributed by atoms with Crippen LogP contribution in [0.1, 0.15) is 22.9 Å². The van der Waals surface area contributed by atoms with Gasteiger partial charge < -0.3 is 9.84 Å². The van der Waals surface area contributed by atoms with Crippen LogP contribution < -0.4 is 4.74 Å². The first kappa shape index (κ1) is 15.0. The van der Waals surface area contributed by atoms with Gasteiger partial charge in [0.15, 0.2) is 0 Å². The van der Waals surface area contributed by atoms with Crippen LogP contribution in [0.25, 0.3) is 0 Å². The van der Waals surface area contributed by atoms with E-state index >= 15 is 0 Å². The minimum absolute atomic E-state index is 0.315. The lowest BCUT2D eigenvalue weighted by atomic mass is 10.0. The first-order chi connectivity index (χ1) is 9.43. The van der Waals surface area contributed by atoms with Crippen LogP contribution in [-0.4, -0.2) is 22.0 Å². The number of aliphatic hydroxyl groups is 1. The predicted octanol–water partition coefficient (Wildman–Crippen LogP) is 2.91. The summed E-state index contributed by atoms with van der Waals surface area (Å²) in [5, 5.41) is 14.7. The third-order valence-corrected chi connectivity index (χ3v) is 3.91. The minimum Gasteiger partial charge on any atom is -0.481 e. The zero-order chi connectivity index (χ0) is 14.9. The van der Waals surface area contributed by atoms with Crippen LogP contribution in [0.3, 0.4) is 0 Å². The lowest BCUT2D eigenvalue weighted by Gasteiger charge is -2.13. The van der Waals surface area contributed by atoms with Crippen molar-refractivity contribution in [2.45, 2.75) is 19.4 Å². The summed E-state index contributed by atoms with van der Waals surface area (Å²) in [6.07, 6.45) is -0.413. The van der Waals surface area contributed by atoms with Gasteiger partial charge in [-0.2, -0.15) is 5.10 Å². The summed E-state index contributed by atoms with van der Waals surface area (Å²) in [7, 11) is 3.30. The Morgan fingerprint density at radius 1 is 1.50 bits per heavy atom. The van der Waals surface area contributed by atoms with Crippen LogP contribution in [-0.2, 0) is 13.5 Å². The Bertz CT molecular complexity index is 628. The quantitative estimate of drug-likeness (QED) is 0.929. The van der Waals surface area contributed by atoms with Crippen LogP contribution in [0.15, 0.2) is 22.7 Å². The van der Waals surface area contributed by atoms with E-state index in [0.29, 0.717) is 22.3 Å². The van der Waals surface area contributed by atoms with Gasteiger partial charge >= 0.3 is 0 Å². The molecule has 0 amide bonds. The molecular formula is C14H16BrFN2O2. The van der Waals surface area contributed by atoms with Crippen molar-refractivity contribution >= 4 is 15.9 Å². The highest BCUT2D eigenvalue weighted by molar-refractivity contribution is 9.10. The van der Waals surface area contributed by atoms with Crippen molar-refractivity contribution in [3.05, 3.63) is 45.3 Å². The first-order valence-corrected chi connectivity index (χ1v) is 6.92. The second-order valence-electron chi connectivity index (χ2n) is 4.59. The van der Waals surface area contributed by atoms with Gasteiger partial charge in [0.2, 0.25) is 5.88 Å². The molecule has 1 heterocycles. The maximum atomic E-state index is 13.1. The van der Waals surface area contributed by atoms with Gasteiger partial charge in [-0.05, 0) is 24.6 Å². The molecule has 1 aromatic carbocycles. The molecule has 0 saturated carbocycles. The maximum Gasteiger partial charge on any atom is 0.217 e. The molecule has 0 fully saturated rings. The van der Waals surface area contributed by atoms with E-state index in [1.165, 1.54) is 12.1 Å². The van der Waals surface area contributed by atoms with Crippen molar-refractivity contribution in [1.82, 2.24) is 9.78 Å². The van der Waals surface area contributed by atoms with E-state index in [0.717, 1.165) is 11.3 Å². The molecule has 0 saturated heterocycles. The summed E-state index contributed by atoms with van der Waals surface area (Å²) >= 11 is 3.30. The second kappa shape index (κ2) is 5.93. The molecular weight excluding hydrogens is 327 g/mol. The number of hydrogen-bond acceptors (Lipinski definition) is 3. The average Bonchev–Trinajstić information content (AvgIpc) is 2.66. The summed E-state index contributed by atoms with van der Waals surface area (Å²) in [4.78, 5) is 0. The van der Waals surface area contributed by atoms with E-state index in [9.17, 15) is 9.50 Å². The normalized spacial score (nSPS) is 12.5. The summed E-state index contributed by atoms with van der Waals surface area (Å²) in [5.74, 6) is 0.221. The predicted molar refractivity (Wildman–Crippen MR) is 77.3 cm³/mol. The lowest BCUT2D eigenvalue weighted by Crippen LogP contribution is -2.06. The van der Waals surface area contributed by atoms with Gasteiger partial charge in [-0.1, -0.05) is 22.0 Å². The van der Waals surface area contributed by atoms with Crippen molar-refractivity contribution in [3.8, 4) is 5.88 Å². The molecule has 0 bridgehead atoms. The number of methoxy groups -OCH3 is 1. The second-order valence-corrected chi connectivity index (χ2v) is 5.44. The molecule has 20 heavy (non-hydrogen) atoms. The van der Waals surface area contributed by atoms with Crippen LogP contribution >= 0.6 is 15.9 Å². The molecule has 0 aliphatic carbocycles. The molecule has 0 radical (unpaired) electrons. The zero-order valence-electron chi connectivity index (χ0n) is 11.5. The minimum atomic E-state index is -0.764. The molecule has 0 aliphatic heterocycles. The van der Waals surface area contributed by atoms with E-state index in [2.05, 4.69) is 21.0 Å². The Morgan fingerprint density at radius 3 is 2.80 bits per heavy atom. The Hall–Kier alpha value is -1.40. The van der Waals surface area contributed by atoms with Gasteiger partial charge in [-0.3, -0.25) is 0 Å². The molecule has 0 spiro atoms. The van der Waals surface area contributed by atoms with E-state index in [1.54, 1.807) is 24.9 Å². The summed E-state index contributed by atoms with van der Waals surface area (Å²) in [5.41, 5.74) is 2.20. The molecule has 2 rings (SSSR count). The first-order valence-electron chi connectivity index (χ1n) is 6.13. The fourth-order valence-electron chi connectivity index (χ4n) is 2.28. The molecule has 6 heteroatoms. The van der Waals surface area contributed by atoms with Gasteiger partial charge in [-0.15, -0.1) is 0 Å². The Kier molecular flexibility index (Phi) is 4.45. The monoisotopic (exact) mass is 342 g/mol. The number of aliphatic hydroxyl groups excluding tert-OH is 1. The molecule has 1 unspecified atom stereocenters. The Morgan fingerprint density at radius 2 is 2.20 bits per heavy atom. The fourth-order valence-corrected chi connectivity index (χ4v) is 2.79. The van der Waals surface area contributed by atoms with Gasteiger partial charge in [0.25, 0.3) is 0 Å². The van der Waals surface area contributed by atoms with Crippen LogP contribution in [0.5, 0.6) is 5.88 Å². The van der Waals surface area contributed by atoms with Crippen LogP contribution in [0.4, 0.5) is 4.39 Å². The maximum absolute atomic E-state index is 13.1. The Balaban J connectivity index is 2.30. The van der Waals surface area contributed by atoms with E-state index in [4.69, 9.17) is 4.74 Å². The smallest absolute Gasteiger partial charge is 0.217 e. The number of hydrogen-bond donors (Lipinski definition) is 1. The highest BCUT2D eigenvalue weighted by atomic mass is 79.9. The number of nitrogens with zero attached hydrogens (tertiary/aromatic N) is 2. The van der Waals surface area contributed by atoms with Crippen molar-refractivity contribution in [3.63, 3.8) is 0 Å². The van der Waals surface area contributed by atoms with Crippen molar-refractivity contribution in [2.75, 3.05) is 7.11 Å². The number of aryl methyl sites for hydroxylation is 2.